The summed E-state index contributed by atoms with van der Waals surface area (Å²) in [7, 11) is 0. The van der Waals surface area contributed by atoms with Crippen molar-refractivity contribution in [1.82, 2.24) is 15.6 Å². The summed E-state index contributed by atoms with van der Waals surface area (Å²) in [5, 5.41) is 15.1. The van der Waals surface area contributed by atoms with Crippen LogP contribution >= 0.6 is 35.8 Å². The SMILES string of the molecule is Cl.N#CN/C(=N/CCSCc1coc(N=C(N)N)n1)NC/C=C/c1ccc(Cl)cc1. The first-order valence-corrected chi connectivity index (χ1v) is 10.1. The molecule has 0 aliphatic carbocycles. The topological polar surface area (TPSA) is 151 Å². The number of nitrogens with two attached hydrogens (primary N) is 2. The molecule has 6 N–H and O–H groups in total. The standard InChI is InChI=1S/C18H21ClN8OS.ClH/c19-14-5-3-13(4-6-14)2-1-7-23-17(25-12-20)24-8-9-29-11-15-10-28-18(26-15)27-16(21)22;/h1-6,10H,7-9,11H2,(H2,23,24,25)(H4,21,22,26,27);1H/b2-1+;. The van der Waals surface area contributed by atoms with Gasteiger partial charge < -0.3 is 21.2 Å². The highest BCUT2D eigenvalue weighted by Crippen LogP contribution is 2.16. The summed E-state index contributed by atoms with van der Waals surface area (Å²) in [6, 6.07) is 7.64. The predicted molar refractivity (Wildman–Crippen MR) is 125 cm³/mol. The number of halogens is 2. The Morgan fingerprint density at radius 2 is 2.10 bits per heavy atom. The quantitative estimate of drug-likeness (QED) is 0.144. The molecule has 0 bridgehead atoms. The number of nitriles is 1. The van der Waals surface area contributed by atoms with Crippen LogP contribution in [0.2, 0.25) is 5.02 Å². The normalized spacial score (nSPS) is 10.9. The van der Waals surface area contributed by atoms with E-state index >= 15 is 0 Å². The number of benzene rings is 1. The van der Waals surface area contributed by atoms with Crippen molar-refractivity contribution in [3.05, 3.63) is 52.9 Å². The number of rotatable bonds is 9. The molecule has 9 nitrogen and oxygen atoms in total. The van der Waals surface area contributed by atoms with Gasteiger partial charge in [-0.15, -0.1) is 12.4 Å². The summed E-state index contributed by atoms with van der Waals surface area (Å²) in [4.78, 5) is 12.2. The summed E-state index contributed by atoms with van der Waals surface area (Å²) in [5.74, 6) is 1.69. The van der Waals surface area contributed by atoms with Gasteiger partial charge in [-0.05, 0) is 17.7 Å². The van der Waals surface area contributed by atoms with Crippen molar-refractivity contribution in [2.75, 3.05) is 18.8 Å². The maximum Gasteiger partial charge on any atom is 0.325 e. The van der Waals surface area contributed by atoms with Crippen LogP contribution in [-0.2, 0) is 5.75 Å². The molecule has 0 saturated carbocycles. The smallest absolute Gasteiger partial charge is 0.325 e. The van der Waals surface area contributed by atoms with E-state index in [1.165, 1.54) is 6.26 Å². The number of aromatic nitrogens is 1. The van der Waals surface area contributed by atoms with Crippen LogP contribution in [0.1, 0.15) is 11.3 Å². The van der Waals surface area contributed by atoms with Crippen LogP contribution < -0.4 is 22.1 Å². The Balaban J connectivity index is 0.00000450. The van der Waals surface area contributed by atoms with Crippen LogP contribution in [0.5, 0.6) is 0 Å². The molecule has 0 radical (unpaired) electrons. The van der Waals surface area contributed by atoms with Crippen LogP contribution in [0.3, 0.4) is 0 Å². The van der Waals surface area contributed by atoms with E-state index in [4.69, 9.17) is 32.7 Å². The highest BCUT2D eigenvalue weighted by Gasteiger charge is 2.03. The number of nitrogens with zero attached hydrogens (tertiary/aromatic N) is 4. The van der Waals surface area contributed by atoms with E-state index in [-0.39, 0.29) is 24.4 Å². The molecular weight excluding hydrogens is 447 g/mol. The van der Waals surface area contributed by atoms with Gasteiger partial charge in [-0.1, -0.05) is 35.9 Å². The van der Waals surface area contributed by atoms with E-state index in [9.17, 15) is 0 Å². The van der Waals surface area contributed by atoms with Crippen LogP contribution in [0.25, 0.3) is 6.08 Å². The first kappa shape index (κ1) is 25.2. The monoisotopic (exact) mass is 468 g/mol. The number of nitrogens with one attached hydrogen (secondary N) is 2. The summed E-state index contributed by atoms with van der Waals surface area (Å²) in [5.41, 5.74) is 12.3. The average Bonchev–Trinajstić information content (AvgIpc) is 3.12. The Kier molecular flexibility index (Phi) is 11.9. The molecule has 0 fully saturated rings. The summed E-state index contributed by atoms with van der Waals surface area (Å²) < 4.78 is 5.13. The van der Waals surface area contributed by atoms with E-state index in [0.717, 1.165) is 17.0 Å². The largest absolute Gasteiger partial charge is 0.430 e. The van der Waals surface area contributed by atoms with Gasteiger partial charge in [0.25, 0.3) is 0 Å². The molecule has 30 heavy (non-hydrogen) atoms. The second kappa shape index (κ2) is 14.2. The van der Waals surface area contributed by atoms with Crippen molar-refractivity contribution < 1.29 is 4.42 Å². The molecule has 1 aromatic heterocycles. The first-order chi connectivity index (χ1) is 14.1. The van der Waals surface area contributed by atoms with Gasteiger partial charge in [0.05, 0.1) is 12.2 Å². The summed E-state index contributed by atoms with van der Waals surface area (Å²) in [6.45, 7) is 1.05. The van der Waals surface area contributed by atoms with Crippen molar-refractivity contribution in [2.45, 2.75) is 5.75 Å². The summed E-state index contributed by atoms with van der Waals surface area (Å²) in [6.07, 6.45) is 7.27. The second-order valence-electron chi connectivity index (χ2n) is 5.51. The van der Waals surface area contributed by atoms with Crippen LogP contribution in [0.4, 0.5) is 6.01 Å². The van der Waals surface area contributed by atoms with E-state index < -0.39 is 0 Å². The van der Waals surface area contributed by atoms with Crippen molar-refractivity contribution in [2.24, 2.45) is 21.5 Å². The molecule has 0 aliphatic heterocycles. The first-order valence-electron chi connectivity index (χ1n) is 8.54. The van der Waals surface area contributed by atoms with E-state index in [2.05, 4.69) is 25.6 Å². The van der Waals surface area contributed by atoms with Gasteiger partial charge in [0.1, 0.15) is 6.26 Å². The zero-order valence-corrected chi connectivity index (χ0v) is 18.3. The van der Waals surface area contributed by atoms with Gasteiger partial charge in [-0.25, -0.2) is 0 Å². The average molecular weight is 469 g/mol. The van der Waals surface area contributed by atoms with Crippen LogP contribution in [0.15, 0.2) is 51.0 Å². The number of guanidine groups is 2. The van der Waals surface area contributed by atoms with Gasteiger partial charge in [0.2, 0.25) is 5.96 Å². The fourth-order valence-electron chi connectivity index (χ4n) is 2.04. The Morgan fingerprint density at radius 3 is 2.80 bits per heavy atom. The predicted octanol–water partition coefficient (Wildman–Crippen LogP) is 2.62. The Labute approximate surface area is 190 Å². The maximum atomic E-state index is 8.85. The number of oxazole rings is 1. The zero-order valence-electron chi connectivity index (χ0n) is 15.9. The minimum Gasteiger partial charge on any atom is -0.430 e. The highest BCUT2D eigenvalue weighted by molar-refractivity contribution is 7.98. The minimum atomic E-state index is -0.103. The second-order valence-corrected chi connectivity index (χ2v) is 7.05. The molecule has 2 aromatic rings. The molecule has 0 atom stereocenters. The maximum absolute atomic E-state index is 8.85. The fourth-order valence-corrected chi connectivity index (χ4v) is 2.87. The van der Waals surface area contributed by atoms with Gasteiger partial charge in [-0.3, -0.25) is 10.3 Å². The number of hydrogen-bond acceptors (Lipinski definition) is 6. The van der Waals surface area contributed by atoms with Gasteiger partial charge >= 0.3 is 6.01 Å². The molecule has 12 heteroatoms. The van der Waals surface area contributed by atoms with E-state index in [1.54, 1.807) is 11.8 Å². The van der Waals surface area contributed by atoms with Gasteiger partial charge in [0, 0.05) is 23.1 Å². The molecule has 0 saturated heterocycles. The molecule has 160 valence electrons. The number of hydrogen-bond donors (Lipinski definition) is 4. The molecule has 0 spiro atoms. The lowest BCUT2D eigenvalue weighted by Gasteiger charge is -2.05. The third-order valence-electron chi connectivity index (χ3n) is 3.26. The molecule has 0 unspecified atom stereocenters. The molecule has 2 rings (SSSR count). The Hall–Kier alpha value is -2.87. The molecule has 0 aliphatic rings. The lowest BCUT2D eigenvalue weighted by molar-refractivity contribution is 0.568. The molecule has 0 amide bonds. The van der Waals surface area contributed by atoms with Gasteiger partial charge in [0.15, 0.2) is 12.2 Å². The highest BCUT2D eigenvalue weighted by atomic mass is 35.5. The number of aliphatic imine (C=N–C) groups is 2. The van der Waals surface area contributed by atoms with Crippen molar-refractivity contribution >= 4 is 59.8 Å². The lowest BCUT2D eigenvalue weighted by Crippen LogP contribution is -2.34. The molecule has 1 heterocycles. The van der Waals surface area contributed by atoms with Crippen molar-refractivity contribution in [3.63, 3.8) is 0 Å². The van der Waals surface area contributed by atoms with Crippen LogP contribution in [0, 0.1) is 11.5 Å². The third kappa shape index (κ3) is 10.1. The lowest BCUT2D eigenvalue weighted by atomic mass is 10.2. The van der Waals surface area contributed by atoms with Gasteiger partial charge in [-0.2, -0.15) is 27.0 Å². The number of thioether (sulfide) groups is 1. The van der Waals surface area contributed by atoms with Crippen molar-refractivity contribution in [3.8, 4) is 6.19 Å². The molecule has 1 aromatic carbocycles. The zero-order chi connectivity index (χ0) is 20.9. The van der Waals surface area contributed by atoms with Crippen molar-refractivity contribution in [1.29, 1.82) is 5.26 Å². The molecular formula is C18H22Cl2N8OS. The van der Waals surface area contributed by atoms with E-state index in [0.29, 0.717) is 29.8 Å². The fraction of sp³-hybridized carbons (Fsp3) is 0.222. The minimum absolute atomic E-state index is 0. The van der Waals surface area contributed by atoms with E-state index in [1.807, 2.05) is 42.6 Å². The summed E-state index contributed by atoms with van der Waals surface area (Å²) >= 11 is 7.48. The Bertz CT molecular complexity index is 902. The Morgan fingerprint density at radius 1 is 1.33 bits per heavy atom. The third-order valence-corrected chi connectivity index (χ3v) is 4.48. The van der Waals surface area contributed by atoms with Crippen LogP contribution in [-0.4, -0.2) is 35.7 Å².